The monoisotopic (exact) mass is 1100 g/mol. The van der Waals surface area contributed by atoms with Gasteiger partial charge >= 0.3 is 0 Å². The Labute approximate surface area is 475 Å². The van der Waals surface area contributed by atoms with E-state index in [0.29, 0.717) is 29.5 Å². The van der Waals surface area contributed by atoms with Crippen LogP contribution in [-0.2, 0) is 61.0 Å². The van der Waals surface area contributed by atoms with Gasteiger partial charge in [-0.25, -0.2) is 4.98 Å². The van der Waals surface area contributed by atoms with Crippen LogP contribution in [0.4, 0.5) is 11.6 Å². The quantitative estimate of drug-likeness (QED) is 0.0896. The number of allylic oxidation sites excluding steroid dienone is 1. The van der Waals surface area contributed by atoms with Crippen molar-refractivity contribution in [3.63, 3.8) is 0 Å². The molecule has 5 aromatic carbocycles. The highest BCUT2D eigenvalue weighted by atomic mass is 16.2. The minimum absolute atomic E-state index is 0.0400. The number of hydrogen-bond acceptors (Lipinski definition) is 9. The van der Waals surface area contributed by atoms with E-state index in [1.54, 1.807) is 30.3 Å². The van der Waals surface area contributed by atoms with Gasteiger partial charge in [0.15, 0.2) is 0 Å². The lowest BCUT2D eigenvalue weighted by Crippen LogP contribution is -2.47. The first-order valence-corrected chi connectivity index (χ1v) is 27.7. The number of carbonyl (C=O) groups is 8. The largest absolute Gasteiger partial charge is 0.350 e. The van der Waals surface area contributed by atoms with Gasteiger partial charge in [-0.3, -0.25) is 38.4 Å². The number of anilines is 2. The Morgan fingerprint density at radius 2 is 0.927 bits per heavy atom. The van der Waals surface area contributed by atoms with E-state index in [1.165, 1.54) is 12.1 Å². The smallest absolute Gasteiger partial charge is 0.251 e. The molecule has 20 rings (SSSR count). The Morgan fingerprint density at radius 1 is 0.463 bits per heavy atom. The van der Waals surface area contributed by atoms with Crippen molar-refractivity contribution in [2.45, 2.75) is 94.9 Å². The molecule has 12 bridgehead atoms. The predicted molar refractivity (Wildman–Crippen MR) is 311 cm³/mol. The van der Waals surface area contributed by atoms with Gasteiger partial charge < -0.3 is 42.5 Å². The summed E-state index contributed by atoms with van der Waals surface area (Å²) < 4.78 is 0. The molecule has 0 radical (unpaired) electrons. The molecular weight excluding hydrogens is 1030 g/mol. The second-order valence-electron chi connectivity index (χ2n) is 20.7. The molecule has 0 saturated carbocycles. The van der Waals surface area contributed by atoms with E-state index in [9.17, 15) is 38.4 Å². The van der Waals surface area contributed by atoms with Gasteiger partial charge in [0.25, 0.3) is 11.8 Å². The van der Waals surface area contributed by atoms with Gasteiger partial charge in [-0.1, -0.05) is 127 Å². The molecule has 6 aromatic rings. The van der Waals surface area contributed by atoms with Gasteiger partial charge in [-0.15, -0.1) is 5.73 Å². The summed E-state index contributed by atoms with van der Waals surface area (Å²) in [5.74, 6) is -3.81. The maximum atomic E-state index is 14.1. The van der Waals surface area contributed by atoms with E-state index in [4.69, 9.17) is 0 Å². The molecule has 8 amide bonds. The van der Waals surface area contributed by atoms with Crippen LogP contribution in [0.5, 0.6) is 0 Å². The van der Waals surface area contributed by atoms with Crippen molar-refractivity contribution in [1.82, 2.24) is 36.9 Å². The van der Waals surface area contributed by atoms with E-state index in [2.05, 4.69) is 53.2 Å². The molecule has 17 nitrogen and oxygen atoms in total. The summed E-state index contributed by atoms with van der Waals surface area (Å²) in [6, 6.07) is 40.7. The Balaban J connectivity index is 1.03. The number of hydrogen-bond donors (Lipinski definition) is 8. The van der Waals surface area contributed by atoms with Gasteiger partial charge in [0.1, 0.15) is 35.8 Å². The van der Waals surface area contributed by atoms with E-state index in [-0.39, 0.29) is 82.0 Å². The third-order valence-corrected chi connectivity index (χ3v) is 14.4. The SMILES string of the molecule is O=C1CCC[C@@H]2NC(=O)c3ccc(cc3)Cc3ccc(cc3)CNC(=O)[C@H](CCCC(=O)N[C@@H](Cc3ccccc3)C(=O)Nc3cccc(n3)NC(=O)[C@H](Cc3ccccc3)N1)NC(=O)c1ccc(cc1)CC1C=C=C(C=C1)CNC2=O. The van der Waals surface area contributed by atoms with Gasteiger partial charge in [0, 0.05) is 54.8 Å². The number of nitrogens with zero attached hydrogens (tertiary/aromatic N) is 1. The van der Waals surface area contributed by atoms with Crippen molar-refractivity contribution in [2.24, 2.45) is 5.92 Å². The fourth-order valence-electron chi connectivity index (χ4n) is 9.87. The van der Waals surface area contributed by atoms with E-state index >= 15 is 0 Å². The summed E-state index contributed by atoms with van der Waals surface area (Å²) in [4.78, 5) is 116. The van der Waals surface area contributed by atoms with Crippen LogP contribution in [0.25, 0.3) is 0 Å². The Bertz CT molecular complexity index is 3380. The lowest BCUT2D eigenvalue weighted by atomic mass is 9.94. The Kier molecular flexibility index (Phi) is 19.4. The van der Waals surface area contributed by atoms with Gasteiger partial charge in [0.2, 0.25) is 35.4 Å². The highest BCUT2D eigenvalue weighted by Gasteiger charge is 2.28. The molecule has 14 heterocycles. The van der Waals surface area contributed by atoms with E-state index in [0.717, 1.165) is 33.4 Å². The zero-order valence-electron chi connectivity index (χ0n) is 45.3. The summed E-state index contributed by atoms with van der Waals surface area (Å²) >= 11 is 0. The standard InChI is InChI=1S/C65H65N9O8/c75-58-18-7-14-52-62(79)66-40-48-24-20-44(21-25-48)37-47-30-34-51(35-31-47)61(78)71-53(63(80)67-41-49-26-22-45(23-27-49)36-46-28-32-50(33-29-46)60(77)70-52)15-8-19-59(76)69-55(39-43-12-5-2-6-13-43)65(82)74-57-17-9-16-56(72-57)73-64(81)54(68-58)38-42-10-3-1-4-11-42/h1-6,9-13,16-17,20-26,28-35,45,52-55H,7-8,14-15,18-19,36-41H2,(H,66,79)(H,67,80)(H,68,75)(H,69,76)(H,70,77)(H,71,78)(H2,72,73,74,81,82)/t45?,52-,53-,54-,55-/m0/s1. The molecule has 8 N–H and O–H groups in total. The lowest BCUT2D eigenvalue weighted by molar-refractivity contribution is -0.127. The maximum Gasteiger partial charge on any atom is 0.251 e. The predicted octanol–water partition coefficient (Wildman–Crippen LogP) is 6.51. The van der Waals surface area contributed by atoms with Gasteiger partial charge in [-0.2, -0.15) is 0 Å². The zero-order valence-corrected chi connectivity index (χ0v) is 45.3. The fraction of sp³-hybridized carbons (Fsp3) is 0.262. The van der Waals surface area contributed by atoms with Crippen LogP contribution in [0.2, 0.25) is 0 Å². The maximum absolute atomic E-state index is 14.1. The number of rotatable bonds is 4. The van der Waals surface area contributed by atoms with Crippen LogP contribution in [0, 0.1) is 5.92 Å². The minimum atomic E-state index is -1.08. The zero-order chi connectivity index (χ0) is 57.2. The van der Waals surface area contributed by atoms with Crippen molar-refractivity contribution in [3.05, 3.63) is 226 Å². The van der Waals surface area contributed by atoms with E-state index < -0.39 is 71.4 Å². The number of benzene rings is 5. The van der Waals surface area contributed by atoms with E-state index in [1.807, 2.05) is 127 Å². The van der Waals surface area contributed by atoms with Crippen molar-refractivity contribution in [3.8, 4) is 0 Å². The normalized spacial score (nSPS) is 20.9. The molecule has 1 unspecified atom stereocenters. The average molecular weight is 1100 g/mol. The number of amides is 8. The third-order valence-electron chi connectivity index (χ3n) is 14.4. The van der Waals surface area contributed by atoms with Crippen LogP contribution in [0.1, 0.15) is 92.6 Å². The molecular formula is C65H65N9O8. The van der Waals surface area contributed by atoms with Crippen LogP contribution >= 0.6 is 0 Å². The van der Waals surface area contributed by atoms with Crippen LogP contribution in [-0.4, -0.2) is 83.0 Å². The molecule has 1 aromatic heterocycles. The molecule has 0 fully saturated rings. The molecule has 17 heteroatoms. The van der Waals surface area contributed by atoms with Crippen LogP contribution < -0.4 is 42.5 Å². The second kappa shape index (κ2) is 27.9. The van der Waals surface area contributed by atoms with Crippen LogP contribution in [0.3, 0.4) is 0 Å². The molecule has 13 aliphatic heterocycles. The Morgan fingerprint density at radius 3 is 1.41 bits per heavy atom. The number of pyridine rings is 1. The summed E-state index contributed by atoms with van der Waals surface area (Å²) in [6.45, 7) is 0.277. The molecule has 82 heavy (non-hydrogen) atoms. The average Bonchev–Trinajstić information content (AvgIpc) is 3.49. The van der Waals surface area contributed by atoms with Crippen molar-refractivity contribution < 1.29 is 38.4 Å². The molecule has 14 aliphatic rings. The van der Waals surface area contributed by atoms with Crippen LogP contribution in [0.15, 0.2) is 181 Å². The summed E-state index contributed by atoms with van der Waals surface area (Å²) in [7, 11) is 0. The minimum Gasteiger partial charge on any atom is -0.350 e. The highest BCUT2D eigenvalue weighted by Crippen LogP contribution is 2.20. The summed E-state index contributed by atoms with van der Waals surface area (Å²) in [6.07, 6.45) is 7.52. The van der Waals surface area contributed by atoms with Gasteiger partial charge in [-0.05, 0) is 114 Å². The number of nitrogens with one attached hydrogen (secondary N) is 8. The molecule has 5 atom stereocenters. The van der Waals surface area contributed by atoms with Crippen molar-refractivity contribution in [2.75, 3.05) is 17.2 Å². The highest BCUT2D eigenvalue weighted by molar-refractivity contribution is 6.00. The first-order valence-electron chi connectivity index (χ1n) is 27.7. The molecule has 0 saturated heterocycles. The summed E-state index contributed by atoms with van der Waals surface area (Å²) in [5.41, 5.74) is 9.87. The van der Waals surface area contributed by atoms with Gasteiger partial charge in [0.05, 0.1) is 6.54 Å². The number of aromatic nitrogens is 1. The lowest BCUT2D eigenvalue weighted by Gasteiger charge is -2.21. The molecule has 418 valence electrons. The summed E-state index contributed by atoms with van der Waals surface area (Å²) in [5, 5.41) is 23.0. The Hall–Kier alpha value is -9.73. The first kappa shape index (κ1) is 57.0. The molecule has 0 spiro atoms. The van der Waals surface area contributed by atoms with Crippen molar-refractivity contribution in [1.29, 1.82) is 0 Å². The second-order valence-corrected chi connectivity index (χ2v) is 20.7. The first-order chi connectivity index (χ1) is 39.8. The fourth-order valence-corrected chi connectivity index (χ4v) is 9.87. The van der Waals surface area contributed by atoms with Crippen molar-refractivity contribution >= 4 is 58.9 Å². The topological polar surface area (TPSA) is 246 Å². The number of carbonyl (C=O) groups excluding carboxylic acids is 8. The molecule has 1 aliphatic carbocycles. The third kappa shape index (κ3) is 16.7.